The Kier molecular flexibility index (Phi) is 7.35. The van der Waals surface area contributed by atoms with E-state index in [1.54, 1.807) is 4.90 Å². The molecule has 6 nitrogen and oxygen atoms in total. The van der Waals surface area contributed by atoms with E-state index in [9.17, 15) is 4.79 Å². The highest BCUT2D eigenvalue weighted by atomic mass is 16.5. The Morgan fingerprint density at radius 3 is 2.67 bits per heavy atom. The maximum absolute atomic E-state index is 11.5. The van der Waals surface area contributed by atoms with E-state index < -0.39 is 0 Å². The van der Waals surface area contributed by atoms with Crippen molar-refractivity contribution in [3.05, 3.63) is 0 Å². The molecule has 3 N–H and O–H groups in total. The molecule has 0 aliphatic carbocycles. The van der Waals surface area contributed by atoms with Gasteiger partial charge in [0.1, 0.15) is 5.84 Å². The molecule has 0 heterocycles. The van der Waals surface area contributed by atoms with Gasteiger partial charge in [-0.2, -0.15) is 0 Å². The molecule has 6 heteroatoms. The summed E-state index contributed by atoms with van der Waals surface area (Å²) in [6.45, 7) is 6.02. The first-order valence-corrected chi connectivity index (χ1v) is 4.97. The normalized spacial score (nSPS) is 11.5. The Hall–Kier alpha value is -1.30. The molecule has 0 rings (SSSR count). The number of rotatable bonds is 7. The van der Waals surface area contributed by atoms with Crippen LogP contribution >= 0.6 is 0 Å². The van der Waals surface area contributed by atoms with Gasteiger partial charge in [0.15, 0.2) is 0 Å². The summed E-state index contributed by atoms with van der Waals surface area (Å²) in [6.07, 6.45) is -0.0591. The maximum Gasteiger partial charge on any atom is 0.230 e. The molecule has 0 aromatic rings. The number of nitrogens with two attached hydrogens (primary N) is 1. The number of amidine groups is 1. The van der Waals surface area contributed by atoms with E-state index in [-0.39, 0.29) is 18.2 Å². The minimum absolute atomic E-state index is 0.0591. The number of hydrogen-bond donors (Lipinski definition) is 2. The van der Waals surface area contributed by atoms with Crippen LogP contribution in [0, 0.1) is 0 Å². The van der Waals surface area contributed by atoms with E-state index in [0.29, 0.717) is 26.3 Å². The van der Waals surface area contributed by atoms with Gasteiger partial charge in [-0.3, -0.25) is 4.79 Å². The lowest BCUT2D eigenvalue weighted by atomic mass is 10.3. The standard InChI is InChI=1S/C9H19N3O3/c1-3-12(5-6-15-4-2)9(13)7-8(10)11-14/h14H,3-7H2,1-2H3,(H2,10,11). The summed E-state index contributed by atoms with van der Waals surface area (Å²) in [5.41, 5.74) is 5.24. The smallest absolute Gasteiger partial charge is 0.230 e. The summed E-state index contributed by atoms with van der Waals surface area (Å²) in [5.74, 6) is -0.234. The van der Waals surface area contributed by atoms with Crippen LogP contribution in [0.1, 0.15) is 20.3 Å². The van der Waals surface area contributed by atoms with Crippen LogP contribution in [0.4, 0.5) is 0 Å². The van der Waals surface area contributed by atoms with Crippen LogP contribution in [-0.2, 0) is 9.53 Å². The summed E-state index contributed by atoms with van der Waals surface area (Å²) in [4.78, 5) is 13.1. The number of nitrogens with zero attached hydrogens (tertiary/aromatic N) is 2. The van der Waals surface area contributed by atoms with E-state index >= 15 is 0 Å². The molecule has 1 amide bonds. The molecular formula is C9H19N3O3. The van der Waals surface area contributed by atoms with Gasteiger partial charge in [-0.25, -0.2) is 0 Å². The van der Waals surface area contributed by atoms with Gasteiger partial charge in [-0.05, 0) is 13.8 Å². The third kappa shape index (κ3) is 5.90. The van der Waals surface area contributed by atoms with Crippen molar-refractivity contribution in [1.82, 2.24) is 4.90 Å². The third-order valence-corrected chi connectivity index (χ3v) is 1.90. The highest BCUT2D eigenvalue weighted by molar-refractivity contribution is 5.98. The van der Waals surface area contributed by atoms with Crippen molar-refractivity contribution in [3.8, 4) is 0 Å². The van der Waals surface area contributed by atoms with Crippen LogP contribution in [-0.4, -0.2) is 48.2 Å². The lowest BCUT2D eigenvalue weighted by molar-refractivity contribution is -0.130. The van der Waals surface area contributed by atoms with Gasteiger partial charge in [-0.1, -0.05) is 5.16 Å². The predicted octanol–water partition coefficient (Wildman–Crippen LogP) is 0.00790. The van der Waals surface area contributed by atoms with Crippen LogP contribution < -0.4 is 5.73 Å². The first-order valence-electron chi connectivity index (χ1n) is 4.97. The number of ether oxygens (including phenoxy) is 1. The summed E-state index contributed by atoms with van der Waals surface area (Å²) >= 11 is 0. The van der Waals surface area contributed by atoms with Crippen LogP contribution in [0.2, 0.25) is 0 Å². The van der Waals surface area contributed by atoms with Crippen molar-refractivity contribution in [2.24, 2.45) is 10.9 Å². The second kappa shape index (κ2) is 8.05. The van der Waals surface area contributed by atoms with Gasteiger partial charge >= 0.3 is 0 Å². The number of oxime groups is 1. The van der Waals surface area contributed by atoms with Crippen molar-refractivity contribution in [2.75, 3.05) is 26.3 Å². The molecule has 0 radical (unpaired) electrons. The monoisotopic (exact) mass is 217 g/mol. The summed E-state index contributed by atoms with van der Waals surface area (Å²) in [5, 5.41) is 11.1. The van der Waals surface area contributed by atoms with E-state index in [1.165, 1.54) is 0 Å². The van der Waals surface area contributed by atoms with Gasteiger partial charge in [0, 0.05) is 19.7 Å². The lowest BCUT2D eigenvalue weighted by Gasteiger charge is -2.20. The van der Waals surface area contributed by atoms with Crippen LogP contribution in [0.25, 0.3) is 0 Å². The zero-order chi connectivity index (χ0) is 11.7. The second-order valence-electron chi connectivity index (χ2n) is 2.94. The zero-order valence-electron chi connectivity index (χ0n) is 9.27. The van der Waals surface area contributed by atoms with E-state index in [1.807, 2.05) is 13.8 Å². The Morgan fingerprint density at radius 1 is 1.53 bits per heavy atom. The number of hydrogen-bond acceptors (Lipinski definition) is 4. The third-order valence-electron chi connectivity index (χ3n) is 1.90. The number of carbonyl (C=O) groups is 1. The molecule has 0 atom stereocenters. The second-order valence-corrected chi connectivity index (χ2v) is 2.94. The van der Waals surface area contributed by atoms with Crippen molar-refractivity contribution in [3.63, 3.8) is 0 Å². The molecule has 0 aliphatic heterocycles. The minimum Gasteiger partial charge on any atom is -0.409 e. The molecule has 0 fully saturated rings. The predicted molar refractivity (Wildman–Crippen MR) is 56.8 cm³/mol. The van der Waals surface area contributed by atoms with Crippen LogP contribution in [0.5, 0.6) is 0 Å². The summed E-state index contributed by atoms with van der Waals surface area (Å²) < 4.78 is 5.14. The first kappa shape index (κ1) is 13.7. The molecule has 0 saturated heterocycles. The fourth-order valence-corrected chi connectivity index (χ4v) is 1.08. The highest BCUT2D eigenvalue weighted by Crippen LogP contribution is 1.94. The average Bonchev–Trinajstić information content (AvgIpc) is 2.24. The van der Waals surface area contributed by atoms with Gasteiger partial charge in [0.05, 0.1) is 13.0 Å². The Balaban J connectivity index is 3.99. The van der Waals surface area contributed by atoms with Crippen molar-refractivity contribution >= 4 is 11.7 Å². The fraction of sp³-hybridized carbons (Fsp3) is 0.778. The molecule has 0 aromatic carbocycles. The maximum atomic E-state index is 11.5. The van der Waals surface area contributed by atoms with Crippen molar-refractivity contribution < 1.29 is 14.7 Å². The fourth-order valence-electron chi connectivity index (χ4n) is 1.08. The largest absolute Gasteiger partial charge is 0.409 e. The molecule has 0 bridgehead atoms. The van der Waals surface area contributed by atoms with Gasteiger partial charge in [-0.15, -0.1) is 0 Å². The number of carbonyl (C=O) groups excluding carboxylic acids is 1. The zero-order valence-corrected chi connectivity index (χ0v) is 9.27. The Labute approximate surface area is 89.7 Å². The highest BCUT2D eigenvalue weighted by Gasteiger charge is 2.12. The van der Waals surface area contributed by atoms with Crippen molar-refractivity contribution in [1.29, 1.82) is 0 Å². The van der Waals surface area contributed by atoms with E-state index in [4.69, 9.17) is 15.7 Å². The van der Waals surface area contributed by atoms with Gasteiger partial charge in [0.2, 0.25) is 5.91 Å². The van der Waals surface area contributed by atoms with Crippen molar-refractivity contribution in [2.45, 2.75) is 20.3 Å². The van der Waals surface area contributed by atoms with E-state index in [0.717, 1.165) is 0 Å². The topological polar surface area (TPSA) is 88.2 Å². The molecular weight excluding hydrogens is 198 g/mol. The molecule has 0 spiro atoms. The van der Waals surface area contributed by atoms with Crippen LogP contribution in [0.3, 0.4) is 0 Å². The van der Waals surface area contributed by atoms with E-state index in [2.05, 4.69) is 5.16 Å². The first-order chi connectivity index (χ1) is 7.15. The van der Waals surface area contributed by atoms with Gasteiger partial charge < -0.3 is 20.6 Å². The molecule has 0 unspecified atom stereocenters. The Bertz CT molecular complexity index is 219. The van der Waals surface area contributed by atoms with Crippen LogP contribution in [0.15, 0.2) is 5.16 Å². The number of amides is 1. The molecule has 88 valence electrons. The molecule has 15 heavy (non-hydrogen) atoms. The van der Waals surface area contributed by atoms with Gasteiger partial charge in [0.25, 0.3) is 0 Å². The average molecular weight is 217 g/mol. The SMILES string of the molecule is CCOCCN(CC)C(=O)CC(N)=NO. The molecule has 0 aromatic heterocycles. The summed E-state index contributed by atoms with van der Waals surface area (Å²) in [7, 11) is 0. The lowest BCUT2D eigenvalue weighted by Crippen LogP contribution is -2.36. The number of likely N-dealkylation sites (N-methyl/N-ethyl adjacent to an activating group) is 1. The quantitative estimate of drug-likeness (QED) is 0.207. The molecule has 0 saturated carbocycles. The Morgan fingerprint density at radius 2 is 2.20 bits per heavy atom. The molecule has 0 aliphatic rings. The minimum atomic E-state index is -0.160. The summed E-state index contributed by atoms with van der Waals surface area (Å²) in [6, 6.07) is 0.